The van der Waals surface area contributed by atoms with Gasteiger partial charge in [0.2, 0.25) is 0 Å². The zero-order valence-electron chi connectivity index (χ0n) is 14.1. The highest BCUT2D eigenvalue weighted by Crippen LogP contribution is 2.53. The molecule has 1 aliphatic rings. The number of thioether (sulfide) groups is 2. The fraction of sp³-hybridized carbons (Fsp3) is 0.667. The number of hydrogen-bond donors (Lipinski definition) is 1. The summed E-state index contributed by atoms with van der Waals surface area (Å²) in [5.74, 6) is -2.14. The first-order valence-electron chi connectivity index (χ1n) is 7.03. The molecule has 1 heterocycles. The summed E-state index contributed by atoms with van der Waals surface area (Å²) >= 11 is 2.08. The van der Waals surface area contributed by atoms with E-state index in [1.807, 2.05) is 0 Å². The second kappa shape index (κ2) is 7.17. The Balaban J connectivity index is 2.91. The zero-order chi connectivity index (χ0) is 18.0. The SMILES string of the molecule is CC(C)(C)OC(=O)CC(C(=O)OC(C)(C)C)=C1SC(C(=O)O)S1. The van der Waals surface area contributed by atoms with Crippen molar-refractivity contribution in [2.45, 2.75) is 63.7 Å². The van der Waals surface area contributed by atoms with E-state index < -0.39 is 33.7 Å². The molecular formula is C15H22O6S2. The van der Waals surface area contributed by atoms with Crippen molar-refractivity contribution in [1.29, 1.82) is 0 Å². The van der Waals surface area contributed by atoms with Crippen molar-refractivity contribution >= 4 is 41.4 Å². The molecule has 0 amide bonds. The van der Waals surface area contributed by atoms with E-state index in [2.05, 4.69) is 0 Å². The third-order valence-electron chi connectivity index (χ3n) is 2.26. The topological polar surface area (TPSA) is 89.9 Å². The van der Waals surface area contributed by atoms with Gasteiger partial charge in [-0.2, -0.15) is 0 Å². The number of carbonyl (C=O) groups excluding carboxylic acids is 2. The summed E-state index contributed by atoms with van der Waals surface area (Å²) in [4.78, 5) is 35.2. The Morgan fingerprint density at radius 1 is 1.00 bits per heavy atom. The van der Waals surface area contributed by atoms with E-state index in [-0.39, 0.29) is 12.0 Å². The molecule has 6 nitrogen and oxygen atoms in total. The van der Waals surface area contributed by atoms with Crippen LogP contribution in [0.15, 0.2) is 9.81 Å². The van der Waals surface area contributed by atoms with E-state index in [4.69, 9.17) is 14.6 Å². The Labute approximate surface area is 144 Å². The van der Waals surface area contributed by atoms with Gasteiger partial charge in [0.05, 0.1) is 16.2 Å². The van der Waals surface area contributed by atoms with Crippen LogP contribution in [-0.2, 0) is 23.9 Å². The molecule has 0 aliphatic carbocycles. The van der Waals surface area contributed by atoms with Crippen LogP contribution < -0.4 is 0 Å². The maximum atomic E-state index is 12.3. The Hall–Kier alpha value is -1.15. The molecule has 1 N–H and O–H groups in total. The van der Waals surface area contributed by atoms with Crippen LogP contribution in [0.2, 0.25) is 0 Å². The van der Waals surface area contributed by atoms with Gasteiger partial charge in [0, 0.05) is 0 Å². The number of rotatable bonds is 4. The molecule has 1 rings (SSSR count). The normalized spacial score (nSPS) is 18.0. The van der Waals surface area contributed by atoms with Crippen molar-refractivity contribution in [3.05, 3.63) is 9.81 Å². The van der Waals surface area contributed by atoms with Gasteiger partial charge in [-0.25, -0.2) is 4.79 Å². The van der Waals surface area contributed by atoms with E-state index in [0.29, 0.717) is 4.24 Å². The van der Waals surface area contributed by atoms with Gasteiger partial charge in [0.25, 0.3) is 0 Å². The van der Waals surface area contributed by atoms with Gasteiger partial charge in [-0.05, 0) is 41.5 Å². The average Bonchev–Trinajstić information content (AvgIpc) is 2.19. The van der Waals surface area contributed by atoms with Crippen molar-refractivity contribution in [3.8, 4) is 0 Å². The van der Waals surface area contributed by atoms with Crippen molar-refractivity contribution in [3.63, 3.8) is 0 Å². The van der Waals surface area contributed by atoms with Crippen LogP contribution in [0.4, 0.5) is 0 Å². The van der Waals surface area contributed by atoms with E-state index in [0.717, 1.165) is 23.5 Å². The summed E-state index contributed by atoms with van der Waals surface area (Å²) < 4.78 is 10.4. The quantitative estimate of drug-likeness (QED) is 0.602. The lowest BCUT2D eigenvalue weighted by atomic mass is 10.1. The second-order valence-corrected chi connectivity index (χ2v) is 9.72. The molecule has 0 aromatic heterocycles. The van der Waals surface area contributed by atoms with Crippen molar-refractivity contribution in [1.82, 2.24) is 0 Å². The van der Waals surface area contributed by atoms with E-state index in [9.17, 15) is 14.4 Å². The van der Waals surface area contributed by atoms with Crippen LogP contribution >= 0.6 is 23.5 Å². The highest BCUT2D eigenvalue weighted by atomic mass is 32.3. The van der Waals surface area contributed by atoms with Crippen LogP contribution in [0.25, 0.3) is 0 Å². The molecule has 23 heavy (non-hydrogen) atoms. The number of carbonyl (C=O) groups is 3. The van der Waals surface area contributed by atoms with Gasteiger partial charge < -0.3 is 14.6 Å². The minimum atomic E-state index is -0.968. The average molecular weight is 362 g/mol. The maximum Gasteiger partial charge on any atom is 0.336 e. The van der Waals surface area contributed by atoms with Crippen LogP contribution in [0, 0.1) is 0 Å². The van der Waals surface area contributed by atoms with Crippen LogP contribution in [-0.4, -0.2) is 38.8 Å². The Morgan fingerprint density at radius 2 is 1.48 bits per heavy atom. The summed E-state index contributed by atoms with van der Waals surface area (Å²) in [7, 11) is 0. The molecule has 0 aromatic carbocycles. The zero-order valence-corrected chi connectivity index (χ0v) is 15.7. The van der Waals surface area contributed by atoms with Gasteiger partial charge >= 0.3 is 17.9 Å². The molecule has 0 saturated carbocycles. The van der Waals surface area contributed by atoms with Gasteiger partial charge in [0.1, 0.15) is 11.2 Å². The first-order valence-corrected chi connectivity index (χ1v) is 8.79. The second-order valence-electron chi connectivity index (χ2n) is 6.94. The molecule has 0 aromatic rings. The molecule has 1 fully saturated rings. The van der Waals surface area contributed by atoms with Gasteiger partial charge in [-0.3, -0.25) is 9.59 Å². The van der Waals surface area contributed by atoms with Gasteiger partial charge in [-0.1, -0.05) is 23.5 Å². The minimum Gasteiger partial charge on any atom is -0.480 e. The Morgan fingerprint density at radius 3 is 1.87 bits per heavy atom. The summed E-state index contributed by atoms with van der Waals surface area (Å²) in [6.07, 6.45) is -0.242. The van der Waals surface area contributed by atoms with E-state index in [1.165, 1.54) is 0 Å². The predicted octanol–water partition coefficient (Wildman–Crippen LogP) is 3.16. The third-order valence-corrected chi connectivity index (χ3v) is 5.17. The summed E-state index contributed by atoms with van der Waals surface area (Å²) in [6, 6.07) is 0. The first-order chi connectivity index (χ1) is 10.3. The summed E-state index contributed by atoms with van der Waals surface area (Å²) in [5, 5.41) is 8.92. The summed E-state index contributed by atoms with van der Waals surface area (Å²) in [6.45, 7) is 10.4. The predicted molar refractivity (Wildman–Crippen MR) is 89.9 cm³/mol. The lowest BCUT2D eigenvalue weighted by molar-refractivity contribution is -0.157. The highest BCUT2D eigenvalue weighted by Gasteiger charge is 2.38. The molecule has 0 radical (unpaired) electrons. The van der Waals surface area contributed by atoms with Crippen LogP contribution in [0.3, 0.4) is 0 Å². The number of carboxylic acid groups (broad SMARTS) is 1. The number of carboxylic acids is 1. The van der Waals surface area contributed by atoms with E-state index in [1.54, 1.807) is 41.5 Å². The largest absolute Gasteiger partial charge is 0.480 e. The third kappa shape index (κ3) is 6.87. The van der Waals surface area contributed by atoms with Gasteiger partial charge in [-0.15, -0.1) is 0 Å². The first kappa shape index (κ1) is 19.9. The van der Waals surface area contributed by atoms with Crippen LogP contribution in [0.1, 0.15) is 48.0 Å². The van der Waals surface area contributed by atoms with Crippen molar-refractivity contribution in [2.24, 2.45) is 0 Å². The fourth-order valence-corrected chi connectivity index (χ4v) is 3.61. The van der Waals surface area contributed by atoms with Crippen molar-refractivity contribution in [2.75, 3.05) is 0 Å². The monoisotopic (exact) mass is 362 g/mol. The Kier molecular flexibility index (Phi) is 6.20. The fourth-order valence-electron chi connectivity index (χ4n) is 1.54. The minimum absolute atomic E-state index is 0.154. The lowest BCUT2D eigenvalue weighted by Crippen LogP contribution is -2.29. The Bertz CT molecular complexity index is 531. The number of esters is 2. The molecule has 0 atom stereocenters. The molecule has 1 saturated heterocycles. The number of aliphatic carboxylic acids is 1. The number of hydrogen-bond acceptors (Lipinski definition) is 7. The van der Waals surface area contributed by atoms with E-state index >= 15 is 0 Å². The molecule has 1 aliphatic heterocycles. The summed E-state index contributed by atoms with van der Waals surface area (Å²) in [5.41, 5.74) is -1.21. The molecule has 0 spiro atoms. The molecule has 0 bridgehead atoms. The number of ether oxygens (including phenoxy) is 2. The molecule has 0 unspecified atom stereocenters. The molecule has 8 heteroatoms. The maximum absolute atomic E-state index is 12.3. The molecular weight excluding hydrogens is 340 g/mol. The molecule has 130 valence electrons. The van der Waals surface area contributed by atoms with Crippen LogP contribution in [0.5, 0.6) is 0 Å². The van der Waals surface area contributed by atoms with Gasteiger partial charge in [0.15, 0.2) is 4.58 Å². The smallest absolute Gasteiger partial charge is 0.336 e. The standard InChI is InChI=1S/C15H22O6S2/c1-14(2,3)20-9(16)7-8(11(19)21-15(4,5)6)12-22-13(23-12)10(17)18/h13H,7H2,1-6H3,(H,17,18). The lowest BCUT2D eigenvalue weighted by Gasteiger charge is -2.28. The highest BCUT2D eigenvalue weighted by molar-refractivity contribution is 8.39. The van der Waals surface area contributed by atoms with Crippen molar-refractivity contribution < 1.29 is 29.0 Å².